The molecule has 2 heteroatoms. The average molecular weight is 219 g/mol. The Morgan fingerprint density at radius 1 is 0.824 bits per heavy atom. The Morgan fingerprint density at radius 3 is 2.53 bits per heavy atom. The molecule has 0 amide bonds. The molecule has 0 radical (unpaired) electrons. The second-order valence-electron chi connectivity index (χ2n) is 4.12. The summed E-state index contributed by atoms with van der Waals surface area (Å²) in [4.78, 5) is 4.57. The second kappa shape index (κ2) is 3.08. The van der Waals surface area contributed by atoms with E-state index in [4.69, 9.17) is 4.42 Å². The average Bonchev–Trinajstić information content (AvgIpc) is 2.77. The van der Waals surface area contributed by atoms with Gasteiger partial charge in [-0.05, 0) is 12.1 Å². The highest BCUT2D eigenvalue weighted by atomic mass is 16.3. The standard InChI is InChI=1S/C15H9NO/c1-3-7-12-10(5-1)15-11-6-2-4-8-14(11)17-9-13(15)16-12/h1-9H. The molecular weight excluding hydrogens is 210 g/mol. The molecule has 0 N–H and O–H groups in total. The van der Waals surface area contributed by atoms with Crippen LogP contribution in [0.15, 0.2) is 59.2 Å². The first-order valence-corrected chi connectivity index (χ1v) is 5.58. The Kier molecular flexibility index (Phi) is 1.59. The molecule has 2 nitrogen and oxygen atoms in total. The van der Waals surface area contributed by atoms with E-state index in [2.05, 4.69) is 17.1 Å². The minimum atomic E-state index is 0.901. The van der Waals surface area contributed by atoms with Gasteiger partial charge in [0, 0.05) is 16.3 Å². The third-order valence-corrected chi connectivity index (χ3v) is 3.12. The summed E-state index contributed by atoms with van der Waals surface area (Å²) in [5.41, 5.74) is 4.03. The molecule has 2 heterocycles. The maximum atomic E-state index is 5.59. The summed E-state index contributed by atoms with van der Waals surface area (Å²) in [6.07, 6.45) is 1.73. The lowest BCUT2D eigenvalue weighted by atomic mass is 10.0. The van der Waals surface area contributed by atoms with Gasteiger partial charge in [0.15, 0.2) is 0 Å². The van der Waals surface area contributed by atoms with Gasteiger partial charge in [-0.1, -0.05) is 36.4 Å². The summed E-state index contributed by atoms with van der Waals surface area (Å²) in [5.74, 6) is 0. The Bertz CT molecular complexity index is 794. The molecule has 0 saturated heterocycles. The predicted molar refractivity (Wildman–Crippen MR) is 68.1 cm³/mol. The molecule has 2 aromatic rings. The summed E-state index contributed by atoms with van der Waals surface area (Å²) in [6.45, 7) is 0. The maximum absolute atomic E-state index is 5.59. The van der Waals surface area contributed by atoms with E-state index in [1.165, 1.54) is 10.9 Å². The maximum Gasteiger partial charge on any atom is 0.134 e. The lowest BCUT2D eigenvalue weighted by molar-refractivity contribution is 0.604. The molecule has 0 aliphatic carbocycles. The van der Waals surface area contributed by atoms with E-state index in [0.29, 0.717) is 0 Å². The molecule has 2 aliphatic heterocycles. The molecule has 0 saturated carbocycles. The van der Waals surface area contributed by atoms with Gasteiger partial charge >= 0.3 is 0 Å². The van der Waals surface area contributed by atoms with Crippen LogP contribution < -0.4 is 0 Å². The number of aromatic nitrogens is 1. The third kappa shape index (κ3) is 1.12. The molecule has 0 atom stereocenters. The zero-order chi connectivity index (χ0) is 11.2. The van der Waals surface area contributed by atoms with Crippen molar-refractivity contribution >= 4 is 21.9 Å². The Labute approximate surface area is 97.8 Å². The first-order chi connectivity index (χ1) is 8.43. The van der Waals surface area contributed by atoms with E-state index in [9.17, 15) is 0 Å². The molecule has 0 bridgehead atoms. The van der Waals surface area contributed by atoms with Gasteiger partial charge < -0.3 is 4.42 Å². The van der Waals surface area contributed by atoms with Crippen molar-refractivity contribution < 1.29 is 4.42 Å². The van der Waals surface area contributed by atoms with Gasteiger partial charge in [0.2, 0.25) is 0 Å². The van der Waals surface area contributed by atoms with Gasteiger partial charge in [-0.25, -0.2) is 4.98 Å². The van der Waals surface area contributed by atoms with E-state index in [0.717, 1.165) is 22.2 Å². The van der Waals surface area contributed by atoms with Crippen molar-refractivity contribution in [3.8, 4) is 11.3 Å². The van der Waals surface area contributed by atoms with Crippen LogP contribution in [0.5, 0.6) is 0 Å². The first-order valence-electron chi connectivity index (χ1n) is 5.58. The molecule has 0 fully saturated rings. The largest absolute Gasteiger partial charge is 0.462 e. The molecule has 2 aromatic carbocycles. The highest BCUT2D eigenvalue weighted by Crippen LogP contribution is 2.36. The lowest BCUT2D eigenvalue weighted by Gasteiger charge is -2.02. The zero-order valence-electron chi connectivity index (χ0n) is 9.05. The molecule has 80 valence electrons. The molecule has 17 heavy (non-hydrogen) atoms. The van der Waals surface area contributed by atoms with Gasteiger partial charge in [-0.3, -0.25) is 0 Å². The number of hydrogen-bond donors (Lipinski definition) is 0. The number of para-hydroxylation sites is 2. The van der Waals surface area contributed by atoms with Crippen molar-refractivity contribution in [3.63, 3.8) is 0 Å². The topological polar surface area (TPSA) is 26.0 Å². The van der Waals surface area contributed by atoms with E-state index in [1.807, 2.05) is 36.4 Å². The molecule has 4 rings (SSSR count). The highest BCUT2D eigenvalue weighted by Gasteiger charge is 2.15. The van der Waals surface area contributed by atoms with Crippen LogP contribution in [0, 0.1) is 0 Å². The Morgan fingerprint density at radius 2 is 1.59 bits per heavy atom. The SMILES string of the molecule is c1ccc2c3c4ccccc4occ-3nc2c1. The van der Waals surface area contributed by atoms with E-state index in [-0.39, 0.29) is 0 Å². The summed E-state index contributed by atoms with van der Waals surface area (Å²) in [7, 11) is 0. The Hall–Kier alpha value is -2.35. The smallest absolute Gasteiger partial charge is 0.134 e. The van der Waals surface area contributed by atoms with Gasteiger partial charge in [-0.15, -0.1) is 0 Å². The van der Waals surface area contributed by atoms with Crippen molar-refractivity contribution in [2.75, 3.05) is 0 Å². The van der Waals surface area contributed by atoms with Crippen molar-refractivity contribution in [2.24, 2.45) is 0 Å². The molecule has 0 spiro atoms. The number of nitrogens with zero attached hydrogens (tertiary/aromatic N) is 1. The van der Waals surface area contributed by atoms with Crippen molar-refractivity contribution in [1.82, 2.24) is 4.98 Å². The van der Waals surface area contributed by atoms with Crippen LogP contribution in [0.25, 0.3) is 33.1 Å². The summed E-state index contributed by atoms with van der Waals surface area (Å²) >= 11 is 0. The molecule has 2 aliphatic rings. The van der Waals surface area contributed by atoms with Crippen molar-refractivity contribution in [3.05, 3.63) is 54.8 Å². The van der Waals surface area contributed by atoms with Gasteiger partial charge in [0.05, 0.1) is 5.52 Å². The van der Waals surface area contributed by atoms with Crippen LogP contribution >= 0.6 is 0 Å². The normalized spacial score (nSPS) is 11.5. The highest BCUT2D eigenvalue weighted by molar-refractivity contribution is 6.08. The fourth-order valence-electron chi connectivity index (χ4n) is 2.37. The second-order valence-corrected chi connectivity index (χ2v) is 4.12. The van der Waals surface area contributed by atoms with Gasteiger partial charge in [0.25, 0.3) is 0 Å². The van der Waals surface area contributed by atoms with E-state index < -0.39 is 0 Å². The zero-order valence-corrected chi connectivity index (χ0v) is 9.05. The van der Waals surface area contributed by atoms with Crippen LogP contribution in [-0.2, 0) is 0 Å². The number of hydrogen-bond acceptors (Lipinski definition) is 2. The first kappa shape index (κ1) is 8.76. The third-order valence-electron chi connectivity index (χ3n) is 3.12. The summed E-state index contributed by atoms with van der Waals surface area (Å²) in [5, 5.41) is 2.31. The molecule has 0 aromatic heterocycles. The Balaban J connectivity index is 2.33. The number of fused-ring (bicyclic) bond motifs is 5. The van der Waals surface area contributed by atoms with Crippen molar-refractivity contribution in [1.29, 1.82) is 0 Å². The van der Waals surface area contributed by atoms with E-state index >= 15 is 0 Å². The van der Waals surface area contributed by atoms with Crippen LogP contribution in [-0.4, -0.2) is 4.98 Å². The van der Waals surface area contributed by atoms with Crippen molar-refractivity contribution in [2.45, 2.75) is 0 Å². The monoisotopic (exact) mass is 219 g/mol. The summed E-state index contributed by atoms with van der Waals surface area (Å²) in [6, 6.07) is 16.3. The predicted octanol–water partition coefficient (Wildman–Crippen LogP) is 4.09. The van der Waals surface area contributed by atoms with Gasteiger partial charge in [-0.2, -0.15) is 0 Å². The van der Waals surface area contributed by atoms with Gasteiger partial charge in [0.1, 0.15) is 17.5 Å². The van der Waals surface area contributed by atoms with Crippen LogP contribution in [0.1, 0.15) is 0 Å². The lowest BCUT2D eigenvalue weighted by Crippen LogP contribution is -1.79. The minimum absolute atomic E-state index is 0.901. The van der Waals surface area contributed by atoms with E-state index in [1.54, 1.807) is 6.26 Å². The fraction of sp³-hybridized carbons (Fsp3) is 0. The quantitative estimate of drug-likeness (QED) is 0.445. The summed E-state index contributed by atoms with van der Waals surface area (Å²) < 4.78 is 5.59. The number of rotatable bonds is 0. The minimum Gasteiger partial charge on any atom is -0.462 e. The number of benzene rings is 2. The van der Waals surface area contributed by atoms with Crippen LogP contribution in [0.4, 0.5) is 0 Å². The molecule has 0 unspecified atom stereocenters. The van der Waals surface area contributed by atoms with Crippen LogP contribution in [0.3, 0.4) is 0 Å². The molecular formula is C15H9NO. The fourth-order valence-corrected chi connectivity index (χ4v) is 2.37. The van der Waals surface area contributed by atoms with Crippen LogP contribution in [0.2, 0.25) is 0 Å².